The van der Waals surface area contributed by atoms with E-state index in [4.69, 9.17) is 15.9 Å². The predicted octanol–water partition coefficient (Wildman–Crippen LogP) is -1.80. The lowest BCUT2D eigenvalue weighted by Gasteiger charge is -2.38. The Bertz CT molecular complexity index is 1050. The van der Waals surface area contributed by atoms with Crippen LogP contribution in [0.1, 0.15) is 23.2 Å². The Labute approximate surface area is 192 Å². The van der Waals surface area contributed by atoms with Gasteiger partial charge in [0.1, 0.15) is 6.04 Å². The van der Waals surface area contributed by atoms with Gasteiger partial charge in [0, 0.05) is 24.2 Å². The lowest BCUT2D eigenvalue weighted by Crippen LogP contribution is -2.63. The summed E-state index contributed by atoms with van der Waals surface area (Å²) in [5.74, 6) is -3.56. The molecule has 3 amide bonds. The van der Waals surface area contributed by atoms with Gasteiger partial charge in [-0.3, -0.25) is 29.5 Å². The van der Waals surface area contributed by atoms with E-state index in [1.54, 1.807) is 12.1 Å². The molecule has 7 N–H and O–H groups in total. The highest BCUT2D eigenvalue weighted by Gasteiger charge is 2.40. The highest BCUT2D eigenvalue weighted by Crippen LogP contribution is 2.17. The average Bonchev–Trinajstić information content (AvgIpc) is 2.79. The van der Waals surface area contributed by atoms with Gasteiger partial charge in [0.05, 0.1) is 12.6 Å². The Morgan fingerprint density at radius 1 is 1.26 bits per heavy atom. The summed E-state index contributed by atoms with van der Waals surface area (Å²) in [7, 11) is 0. The number of carboxylic acids is 2. The van der Waals surface area contributed by atoms with E-state index in [-0.39, 0.29) is 36.9 Å². The molecule has 0 bridgehead atoms. The van der Waals surface area contributed by atoms with E-state index in [0.29, 0.717) is 12.1 Å². The molecule has 0 radical (unpaired) electrons. The molecule has 1 aromatic rings. The van der Waals surface area contributed by atoms with Crippen LogP contribution < -0.4 is 21.7 Å². The Hall–Kier alpha value is -4.49. The van der Waals surface area contributed by atoms with Crippen LogP contribution in [-0.2, 0) is 19.2 Å². The number of hydrogen-bond donors (Lipinski definition) is 6. The minimum absolute atomic E-state index is 0.0805. The van der Waals surface area contributed by atoms with E-state index in [0.717, 1.165) is 0 Å². The van der Waals surface area contributed by atoms with E-state index < -0.39 is 48.3 Å². The average molecular weight is 473 g/mol. The Kier molecular flexibility index (Phi) is 7.40. The minimum Gasteiger partial charge on any atom is -0.481 e. The molecule has 1 aromatic carbocycles. The van der Waals surface area contributed by atoms with E-state index in [2.05, 4.69) is 25.9 Å². The highest BCUT2D eigenvalue weighted by molar-refractivity contribution is 6.20. The topological polar surface area (TPSA) is 216 Å². The second-order valence-electron chi connectivity index (χ2n) is 7.55. The van der Waals surface area contributed by atoms with Gasteiger partial charge in [-0.1, -0.05) is 0 Å². The van der Waals surface area contributed by atoms with Crippen LogP contribution in [0.25, 0.3) is 0 Å². The van der Waals surface area contributed by atoms with Crippen molar-refractivity contribution in [2.24, 2.45) is 15.7 Å². The maximum absolute atomic E-state index is 12.3. The summed E-state index contributed by atoms with van der Waals surface area (Å²) in [6.45, 7) is 0.454. The molecule has 2 heterocycles. The number of aliphatic imine (C=N–C) groups is 2. The summed E-state index contributed by atoms with van der Waals surface area (Å²) in [4.78, 5) is 67.7. The number of benzene rings is 1. The lowest BCUT2D eigenvalue weighted by atomic mass is 10.1. The molecule has 14 nitrogen and oxygen atoms in total. The number of amides is 3. The fraction of sp³-hybridized carbons (Fsp3) is 0.350. The summed E-state index contributed by atoms with van der Waals surface area (Å²) in [6, 6.07) is 3.36. The second kappa shape index (κ2) is 10.4. The van der Waals surface area contributed by atoms with E-state index in [1.807, 2.05) is 0 Å². The maximum Gasteiger partial charge on any atom is 0.326 e. The van der Waals surface area contributed by atoms with Crippen molar-refractivity contribution in [3.8, 4) is 0 Å². The predicted molar refractivity (Wildman–Crippen MR) is 118 cm³/mol. The maximum atomic E-state index is 12.3. The van der Waals surface area contributed by atoms with Crippen LogP contribution in [-0.4, -0.2) is 88.3 Å². The van der Waals surface area contributed by atoms with Crippen LogP contribution >= 0.6 is 0 Å². The molecule has 3 unspecified atom stereocenters. The van der Waals surface area contributed by atoms with Gasteiger partial charge in [0.2, 0.25) is 12.4 Å². The van der Waals surface area contributed by atoms with Crippen molar-refractivity contribution in [2.75, 3.05) is 18.4 Å². The van der Waals surface area contributed by atoms with E-state index in [1.165, 1.54) is 17.0 Å². The molecular formula is C20H23N7O7. The van der Waals surface area contributed by atoms with Gasteiger partial charge in [-0.15, -0.1) is 0 Å². The zero-order valence-electron chi connectivity index (χ0n) is 17.8. The quantitative estimate of drug-likeness (QED) is 0.211. The van der Waals surface area contributed by atoms with Crippen LogP contribution in [0.2, 0.25) is 0 Å². The molecule has 0 spiro atoms. The number of nitrogens with one attached hydrogen (secondary N) is 3. The first-order valence-electron chi connectivity index (χ1n) is 10.2. The zero-order valence-corrected chi connectivity index (χ0v) is 17.8. The monoisotopic (exact) mass is 473 g/mol. The Morgan fingerprint density at radius 3 is 2.59 bits per heavy atom. The van der Waals surface area contributed by atoms with Crippen molar-refractivity contribution < 1.29 is 34.2 Å². The SMILES string of the molecule is NC1=NC2=NCC(CNc3ccc(C(=O)NC(CCC(=O)O)C(=O)O)cc3)N(C=O)C2C(=O)N1. The van der Waals surface area contributed by atoms with Crippen molar-refractivity contribution >= 4 is 47.6 Å². The molecule has 0 saturated heterocycles. The third-order valence-electron chi connectivity index (χ3n) is 5.22. The van der Waals surface area contributed by atoms with Crippen molar-refractivity contribution in [3.63, 3.8) is 0 Å². The molecule has 3 atom stereocenters. The molecule has 14 heteroatoms. The molecule has 0 aliphatic carbocycles. The number of nitrogens with zero attached hydrogens (tertiary/aromatic N) is 3. The van der Waals surface area contributed by atoms with Crippen molar-refractivity contribution in [1.29, 1.82) is 0 Å². The normalized spacial score (nSPS) is 20.1. The molecule has 2 aliphatic rings. The number of carboxylic acid groups (broad SMARTS) is 2. The highest BCUT2D eigenvalue weighted by atomic mass is 16.4. The van der Waals surface area contributed by atoms with Crippen LogP contribution in [0.15, 0.2) is 34.3 Å². The van der Waals surface area contributed by atoms with Crippen LogP contribution in [0.5, 0.6) is 0 Å². The van der Waals surface area contributed by atoms with E-state index >= 15 is 0 Å². The number of fused-ring (bicyclic) bond motifs is 1. The molecule has 0 aromatic heterocycles. The van der Waals surface area contributed by atoms with Gasteiger partial charge < -0.3 is 31.5 Å². The summed E-state index contributed by atoms with van der Waals surface area (Å²) in [5.41, 5.74) is 6.32. The van der Waals surface area contributed by atoms with Gasteiger partial charge in [0.25, 0.3) is 11.8 Å². The third-order valence-corrected chi connectivity index (χ3v) is 5.22. The van der Waals surface area contributed by atoms with Gasteiger partial charge in [-0.25, -0.2) is 4.79 Å². The number of aliphatic carboxylic acids is 2. The van der Waals surface area contributed by atoms with Crippen molar-refractivity contribution in [2.45, 2.75) is 31.0 Å². The molecule has 34 heavy (non-hydrogen) atoms. The number of hydrogen-bond acceptors (Lipinski definition) is 9. The molecule has 180 valence electrons. The second-order valence-corrected chi connectivity index (χ2v) is 7.55. The zero-order chi connectivity index (χ0) is 24.8. The van der Waals surface area contributed by atoms with Gasteiger partial charge in [-0.05, 0) is 30.7 Å². The van der Waals surface area contributed by atoms with Crippen LogP contribution in [0, 0.1) is 0 Å². The van der Waals surface area contributed by atoms with Gasteiger partial charge in [-0.2, -0.15) is 4.99 Å². The Morgan fingerprint density at radius 2 is 1.97 bits per heavy atom. The number of nitrogens with two attached hydrogens (primary N) is 1. The fourth-order valence-corrected chi connectivity index (χ4v) is 3.48. The fourth-order valence-electron chi connectivity index (χ4n) is 3.48. The summed E-state index contributed by atoms with van der Waals surface area (Å²) >= 11 is 0. The first-order valence-corrected chi connectivity index (χ1v) is 10.2. The first kappa shape index (κ1) is 24.2. The van der Waals surface area contributed by atoms with Gasteiger partial charge >= 0.3 is 11.9 Å². The number of carbonyl (C=O) groups excluding carboxylic acids is 3. The largest absolute Gasteiger partial charge is 0.481 e. The van der Waals surface area contributed by atoms with Crippen molar-refractivity contribution in [3.05, 3.63) is 29.8 Å². The van der Waals surface area contributed by atoms with Crippen molar-refractivity contribution in [1.82, 2.24) is 15.5 Å². The number of anilines is 1. The molecular weight excluding hydrogens is 450 g/mol. The summed E-state index contributed by atoms with van der Waals surface area (Å²) in [6.07, 6.45) is -0.0857. The smallest absolute Gasteiger partial charge is 0.326 e. The number of amidine groups is 1. The van der Waals surface area contributed by atoms with E-state index in [9.17, 15) is 24.0 Å². The molecule has 0 saturated carbocycles. The number of carbonyl (C=O) groups is 5. The first-order chi connectivity index (χ1) is 16.2. The third kappa shape index (κ3) is 5.65. The standard InChI is InChI=1S/C20H23N7O7/c21-20-25-16-15(18(32)26-20)27(9-28)12(8-23-16)7-22-11-3-1-10(2-4-11)17(31)24-13(19(33)34)5-6-14(29)30/h1-4,9,12-13,15,22H,5-8H2,(H,24,31)(H,29,30)(H,33,34)(H3,21,23,25,26,32). The number of rotatable bonds is 10. The summed E-state index contributed by atoms with van der Waals surface area (Å²) in [5, 5.41) is 25.7. The summed E-state index contributed by atoms with van der Waals surface area (Å²) < 4.78 is 0. The Balaban J connectivity index is 1.60. The number of guanidine groups is 1. The van der Waals surface area contributed by atoms with Crippen LogP contribution in [0.3, 0.4) is 0 Å². The van der Waals surface area contributed by atoms with Crippen LogP contribution in [0.4, 0.5) is 5.69 Å². The lowest BCUT2D eigenvalue weighted by molar-refractivity contribution is -0.140. The molecule has 2 aliphatic heterocycles. The van der Waals surface area contributed by atoms with Gasteiger partial charge in [0.15, 0.2) is 11.9 Å². The minimum atomic E-state index is -1.33. The molecule has 0 fully saturated rings. The molecule has 3 rings (SSSR count).